The molecule has 4 aromatic rings. The first-order valence-electron chi connectivity index (χ1n) is 7.39. The largest absolute Gasteiger partial charge is 0.463 e. The van der Waals surface area contributed by atoms with E-state index in [0.29, 0.717) is 16.4 Å². The summed E-state index contributed by atoms with van der Waals surface area (Å²) in [6.45, 7) is 2.12. The SMILES string of the molecule is CCc1ccc2nc(NC(=O)c3cc4occc4n3C)sc2c1. The molecule has 6 heteroatoms. The molecule has 3 aromatic heterocycles. The number of thiazole rings is 1. The highest BCUT2D eigenvalue weighted by atomic mass is 32.1. The Hall–Kier alpha value is -2.60. The van der Waals surface area contributed by atoms with Gasteiger partial charge in [0.15, 0.2) is 10.7 Å². The lowest BCUT2D eigenvalue weighted by Crippen LogP contribution is -2.15. The van der Waals surface area contributed by atoms with Crippen LogP contribution >= 0.6 is 11.3 Å². The van der Waals surface area contributed by atoms with E-state index in [2.05, 4.69) is 29.4 Å². The molecule has 0 aliphatic heterocycles. The molecule has 1 amide bonds. The van der Waals surface area contributed by atoms with E-state index in [-0.39, 0.29) is 5.91 Å². The summed E-state index contributed by atoms with van der Waals surface area (Å²) in [5.74, 6) is -0.186. The van der Waals surface area contributed by atoms with Crippen LogP contribution in [0.3, 0.4) is 0 Å². The molecule has 0 fully saturated rings. The summed E-state index contributed by atoms with van der Waals surface area (Å²) in [5.41, 5.74) is 4.32. The summed E-state index contributed by atoms with van der Waals surface area (Å²) in [6, 6.07) is 9.77. The van der Waals surface area contributed by atoms with Crippen molar-refractivity contribution >= 4 is 43.7 Å². The molecule has 0 aliphatic rings. The van der Waals surface area contributed by atoms with Crippen LogP contribution in [0.1, 0.15) is 23.0 Å². The van der Waals surface area contributed by atoms with E-state index in [9.17, 15) is 4.79 Å². The van der Waals surface area contributed by atoms with E-state index in [1.54, 1.807) is 12.3 Å². The molecular formula is C17H15N3O2S. The number of rotatable bonds is 3. The summed E-state index contributed by atoms with van der Waals surface area (Å²) in [5, 5.41) is 3.49. The molecule has 116 valence electrons. The summed E-state index contributed by atoms with van der Waals surface area (Å²) in [6.07, 6.45) is 2.60. The second-order valence-corrected chi connectivity index (χ2v) is 6.42. The molecule has 5 nitrogen and oxygen atoms in total. The number of aryl methyl sites for hydroxylation is 2. The minimum absolute atomic E-state index is 0.186. The van der Waals surface area contributed by atoms with E-state index < -0.39 is 0 Å². The van der Waals surface area contributed by atoms with E-state index >= 15 is 0 Å². The highest BCUT2D eigenvalue weighted by molar-refractivity contribution is 7.22. The summed E-state index contributed by atoms with van der Waals surface area (Å²) < 4.78 is 8.24. The van der Waals surface area contributed by atoms with Gasteiger partial charge in [0.2, 0.25) is 0 Å². The fourth-order valence-corrected chi connectivity index (χ4v) is 3.60. The first-order valence-corrected chi connectivity index (χ1v) is 8.21. The second-order valence-electron chi connectivity index (χ2n) is 5.39. The van der Waals surface area contributed by atoms with Crippen molar-refractivity contribution in [2.24, 2.45) is 7.05 Å². The number of furan rings is 1. The summed E-state index contributed by atoms with van der Waals surface area (Å²) in [4.78, 5) is 17.0. The monoisotopic (exact) mass is 325 g/mol. The van der Waals surface area contributed by atoms with Crippen LogP contribution in [0.15, 0.2) is 41.0 Å². The number of carbonyl (C=O) groups is 1. The normalized spacial score (nSPS) is 11.4. The van der Waals surface area contributed by atoms with Gasteiger partial charge in [0.05, 0.1) is 22.0 Å². The number of benzene rings is 1. The number of aromatic nitrogens is 2. The van der Waals surface area contributed by atoms with Gasteiger partial charge < -0.3 is 8.98 Å². The maximum Gasteiger partial charge on any atom is 0.274 e. The lowest BCUT2D eigenvalue weighted by atomic mass is 10.2. The van der Waals surface area contributed by atoms with Gasteiger partial charge in [0.25, 0.3) is 5.91 Å². The molecule has 0 unspecified atom stereocenters. The first-order chi connectivity index (χ1) is 11.2. The van der Waals surface area contributed by atoms with Crippen LogP contribution in [0, 0.1) is 0 Å². The van der Waals surface area contributed by atoms with Gasteiger partial charge in [-0.15, -0.1) is 0 Å². The third kappa shape index (κ3) is 2.31. The third-order valence-corrected chi connectivity index (χ3v) is 4.91. The molecule has 0 bridgehead atoms. The van der Waals surface area contributed by atoms with Gasteiger partial charge in [0.1, 0.15) is 5.69 Å². The Labute approximate surface area is 136 Å². The van der Waals surface area contributed by atoms with Crippen molar-refractivity contribution in [3.05, 3.63) is 47.9 Å². The Morgan fingerprint density at radius 3 is 3.00 bits per heavy atom. The Morgan fingerprint density at radius 2 is 2.22 bits per heavy atom. The molecule has 4 rings (SSSR count). The Bertz CT molecular complexity index is 1030. The fraction of sp³-hybridized carbons (Fsp3) is 0.176. The van der Waals surface area contributed by atoms with Gasteiger partial charge in [0, 0.05) is 19.2 Å². The number of carbonyl (C=O) groups excluding carboxylic acids is 1. The first kappa shape index (κ1) is 14.0. The molecule has 0 atom stereocenters. The predicted octanol–water partition coefficient (Wildman–Crippen LogP) is 4.20. The number of hydrogen-bond donors (Lipinski definition) is 1. The van der Waals surface area contributed by atoms with Gasteiger partial charge >= 0.3 is 0 Å². The number of nitrogens with one attached hydrogen (secondary N) is 1. The molecule has 0 radical (unpaired) electrons. The van der Waals surface area contributed by atoms with Crippen molar-refractivity contribution in [1.29, 1.82) is 0 Å². The second kappa shape index (κ2) is 5.24. The average Bonchev–Trinajstić information content (AvgIpc) is 3.22. The topological polar surface area (TPSA) is 60.1 Å². The van der Waals surface area contributed by atoms with Crippen LogP contribution in [0.25, 0.3) is 21.3 Å². The minimum Gasteiger partial charge on any atom is -0.463 e. The average molecular weight is 325 g/mol. The standard InChI is InChI=1S/C17H15N3O2S/c1-3-10-4-5-11-15(8-10)23-17(18-11)19-16(21)13-9-14-12(20(13)2)6-7-22-14/h4-9H,3H2,1-2H3,(H,18,19,21). The van der Waals surface area contributed by atoms with Crippen LogP contribution < -0.4 is 5.32 Å². The van der Waals surface area contributed by atoms with Crippen molar-refractivity contribution in [3.63, 3.8) is 0 Å². The van der Waals surface area contributed by atoms with Gasteiger partial charge in [-0.05, 0) is 24.1 Å². The van der Waals surface area contributed by atoms with Crippen LogP contribution in [-0.2, 0) is 13.5 Å². The van der Waals surface area contributed by atoms with Crippen LogP contribution in [-0.4, -0.2) is 15.5 Å². The van der Waals surface area contributed by atoms with Gasteiger partial charge in [-0.1, -0.05) is 24.3 Å². The Balaban J connectivity index is 1.65. The lowest BCUT2D eigenvalue weighted by Gasteiger charge is -2.02. The number of anilines is 1. The molecule has 0 spiro atoms. The minimum atomic E-state index is -0.186. The molecular weight excluding hydrogens is 310 g/mol. The highest BCUT2D eigenvalue weighted by Crippen LogP contribution is 2.28. The zero-order valence-electron chi connectivity index (χ0n) is 12.8. The smallest absolute Gasteiger partial charge is 0.274 e. The molecule has 0 aliphatic carbocycles. The van der Waals surface area contributed by atoms with Gasteiger partial charge in [-0.3, -0.25) is 10.1 Å². The summed E-state index contributed by atoms with van der Waals surface area (Å²) in [7, 11) is 1.85. The predicted molar refractivity (Wildman–Crippen MR) is 92.1 cm³/mol. The molecule has 1 aromatic carbocycles. The van der Waals surface area contributed by atoms with E-state index in [1.807, 2.05) is 23.7 Å². The molecule has 0 saturated carbocycles. The van der Waals surface area contributed by atoms with Crippen LogP contribution in [0.5, 0.6) is 0 Å². The molecule has 1 N–H and O–H groups in total. The summed E-state index contributed by atoms with van der Waals surface area (Å²) >= 11 is 1.49. The van der Waals surface area contributed by atoms with Gasteiger partial charge in [-0.2, -0.15) is 0 Å². The van der Waals surface area contributed by atoms with Crippen molar-refractivity contribution in [3.8, 4) is 0 Å². The van der Waals surface area contributed by atoms with Crippen molar-refractivity contribution in [1.82, 2.24) is 9.55 Å². The lowest BCUT2D eigenvalue weighted by molar-refractivity contribution is 0.101. The van der Waals surface area contributed by atoms with Crippen LogP contribution in [0.2, 0.25) is 0 Å². The zero-order valence-corrected chi connectivity index (χ0v) is 13.6. The van der Waals surface area contributed by atoms with Crippen molar-refractivity contribution < 1.29 is 9.21 Å². The number of amides is 1. The maximum atomic E-state index is 12.5. The maximum absolute atomic E-state index is 12.5. The van der Waals surface area contributed by atoms with E-state index in [0.717, 1.165) is 22.2 Å². The Morgan fingerprint density at radius 1 is 1.35 bits per heavy atom. The number of nitrogens with zero attached hydrogens (tertiary/aromatic N) is 2. The van der Waals surface area contributed by atoms with E-state index in [1.165, 1.54) is 16.9 Å². The zero-order chi connectivity index (χ0) is 16.0. The van der Waals surface area contributed by atoms with Crippen molar-refractivity contribution in [2.45, 2.75) is 13.3 Å². The molecule has 0 saturated heterocycles. The van der Waals surface area contributed by atoms with Crippen LogP contribution in [0.4, 0.5) is 5.13 Å². The number of hydrogen-bond acceptors (Lipinski definition) is 4. The van der Waals surface area contributed by atoms with E-state index in [4.69, 9.17) is 4.42 Å². The van der Waals surface area contributed by atoms with Gasteiger partial charge in [-0.25, -0.2) is 4.98 Å². The Kier molecular flexibility index (Phi) is 3.20. The molecule has 23 heavy (non-hydrogen) atoms. The highest BCUT2D eigenvalue weighted by Gasteiger charge is 2.16. The van der Waals surface area contributed by atoms with Crippen molar-refractivity contribution in [2.75, 3.05) is 5.32 Å². The third-order valence-electron chi connectivity index (χ3n) is 3.98. The molecule has 3 heterocycles. The fourth-order valence-electron chi connectivity index (χ4n) is 2.67. The number of fused-ring (bicyclic) bond motifs is 2. The quantitative estimate of drug-likeness (QED) is 0.614.